The van der Waals surface area contributed by atoms with E-state index in [0.29, 0.717) is 12.0 Å². The Morgan fingerprint density at radius 2 is 1.50 bits per heavy atom. The van der Waals surface area contributed by atoms with E-state index in [1.54, 1.807) is 0 Å². The van der Waals surface area contributed by atoms with Crippen molar-refractivity contribution >= 4 is 23.5 Å². The molecule has 3 rings (SSSR count). The third kappa shape index (κ3) is 3.68. The third-order valence-electron chi connectivity index (χ3n) is 4.19. The summed E-state index contributed by atoms with van der Waals surface area (Å²) < 4.78 is 0. The molecule has 1 fully saturated rings. The Hall–Kier alpha value is -0.960. The minimum Gasteiger partial charge on any atom is -0.230 e. The minimum atomic E-state index is 0.210. The molecule has 0 heterocycles. The SMILES string of the molecule is CC(C)(C)c1ccc(Sc2ccc(C3CC3NCl)cc2)cc1. The van der Waals surface area contributed by atoms with Crippen molar-refractivity contribution in [3.63, 3.8) is 0 Å². The van der Waals surface area contributed by atoms with E-state index in [1.165, 1.54) is 20.9 Å². The number of nitrogens with one attached hydrogen (secondary N) is 1. The Labute approximate surface area is 142 Å². The van der Waals surface area contributed by atoms with E-state index in [0.717, 1.165) is 6.42 Å². The molecule has 2 unspecified atom stereocenters. The van der Waals surface area contributed by atoms with Gasteiger partial charge in [0.05, 0.1) is 0 Å². The number of halogens is 1. The highest BCUT2D eigenvalue weighted by atomic mass is 35.5. The van der Waals surface area contributed by atoms with Gasteiger partial charge >= 0.3 is 0 Å². The molecule has 0 bridgehead atoms. The summed E-state index contributed by atoms with van der Waals surface area (Å²) in [5, 5.41) is 0. The minimum absolute atomic E-state index is 0.210. The number of hydrogen-bond acceptors (Lipinski definition) is 2. The lowest BCUT2D eigenvalue weighted by Crippen LogP contribution is -2.10. The molecule has 1 aliphatic carbocycles. The van der Waals surface area contributed by atoms with Crippen LogP contribution in [0.15, 0.2) is 58.3 Å². The lowest BCUT2D eigenvalue weighted by Gasteiger charge is -2.19. The molecular weight excluding hydrogens is 310 g/mol. The molecule has 0 aliphatic heterocycles. The summed E-state index contributed by atoms with van der Waals surface area (Å²) in [6.45, 7) is 6.73. The van der Waals surface area contributed by atoms with Crippen molar-refractivity contribution in [2.75, 3.05) is 0 Å². The van der Waals surface area contributed by atoms with Crippen molar-refractivity contribution in [1.82, 2.24) is 4.84 Å². The van der Waals surface area contributed by atoms with Crippen LogP contribution in [0, 0.1) is 0 Å². The predicted octanol–water partition coefficient (Wildman–Crippen LogP) is 5.73. The average Bonchev–Trinajstić information content (AvgIpc) is 3.27. The summed E-state index contributed by atoms with van der Waals surface area (Å²) in [6, 6.07) is 18.2. The monoisotopic (exact) mass is 331 g/mol. The van der Waals surface area contributed by atoms with E-state index in [1.807, 2.05) is 11.8 Å². The van der Waals surface area contributed by atoms with Crippen molar-refractivity contribution in [2.24, 2.45) is 0 Å². The third-order valence-corrected chi connectivity index (χ3v) is 5.49. The van der Waals surface area contributed by atoms with Crippen LogP contribution in [0.3, 0.4) is 0 Å². The van der Waals surface area contributed by atoms with Crippen LogP contribution < -0.4 is 4.84 Å². The fourth-order valence-electron chi connectivity index (χ4n) is 2.63. The molecule has 2 atom stereocenters. The van der Waals surface area contributed by atoms with Crippen LogP contribution in [0.4, 0.5) is 0 Å². The smallest absolute Gasteiger partial charge is 0.0296 e. The maximum Gasteiger partial charge on any atom is 0.0296 e. The van der Waals surface area contributed by atoms with Gasteiger partial charge in [0.2, 0.25) is 0 Å². The Morgan fingerprint density at radius 3 is 1.95 bits per heavy atom. The standard InChI is InChI=1S/C19H22ClNS/c1-19(2,3)14-6-10-16(11-7-14)22-15-8-4-13(5-9-15)17-12-18(17)21-20/h4-11,17-18,21H,12H2,1-3H3. The van der Waals surface area contributed by atoms with Gasteiger partial charge in [-0.2, -0.15) is 0 Å². The molecule has 0 amide bonds. The van der Waals surface area contributed by atoms with Gasteiger partial charge in [-0.1, -0.05) is 56.8 Å². The highest BCUT2D eigenvalue weighted by Crippen LogP contribution is 2.41. The van der Waals surface area contributed by atoms with Crippen LogP contribution in [0.5, 0.6) is 0 Å². The topological polar surface area (TPSA) is 12.0 Å². The Kier molecular flexibility index (Phi) is 4.54. The molecular formula is C19H22ClNS. The van der Waals surface area contributed by atoms with Gasteiger partial charge in [0.15, 0.2) is 0 Å². The normalized spacial score (nSPS) is 20.9. The molecule has 1 nitrogen and oxygen atoms in total. The first-order valence-electron chi connectivity index (χ1n) is 7.72. The van der Waals surface area contributed by atoms with E-state index in [-0.39, 0.29) is 5.41 Å². The van der Waals surface area contributed by atoms with E-state index >= 15 is 0 Å². The lowest BCUT2D eigenvalue weighted by molar-refractivity contribution is 0.590. The molecule has 0 spiro atoms. The summed E-state index contributed by atoms with van der Waals surface area (Å²) in [6.07, 6.45) is 1.14. The van der Waals surface area contributed by atoms with E-state index in [2.05, 4.69) is 74.1 Å². The molecule has 1 N–H and O–H groups in total. The van der Waals surface area contributed by atoms with E-state index in [4.69, 9.17) is 11.8 Å². The van der Waals surface area contributed by atoms with Crippen molar-refractivity contribution in [3.05, 3.63) is 59.7 Å². The Morgan fingerprint density at radius 1 is 0.955 bits per heavy atom. The van der Waals surface area contributed by atoms with Gasteiger partial charge in [-0.25, -0.2) is 4.84 Å². The van der Waals surface area contributed by atoms with Gasteiger partial charge in [-0.3, -0.25) is 0 Å². The highest BCUT2D eigenvalue weighted by molar-refractivity contribution is 7.99. The predicted molar refractivity (Wildman–Crippen MR) is 95.8 cm³/mol. The van der Waals surface area contributed by atoms with Crippen molar-refractivity contribution in [1.29, 1.82) is 0 Å². The fraction of sp³-hybridized carbons (Fsp3) is 0.368. The second-order valence-electron chi connectivity index (χ2n) is 7.00. The quantitative estimate of drug-likeness (QED) is 0.717. The Balaban J connectivity index is 1.66. The molecule has 0 aromatic heterocycles. The summed E-state index contributed by atoms with van der Waals surface area (Å²) in [5.41, 5.74) is 2.97. The summed E-state index contributed by atoms with van der Waals surface area (Å²) >= 11 is 7.49. The highest BCUT2D eigenvalue weighted by Gasteiger charge is 2.37. The number of hydrogen-bond donors (Lipinski definition) is 1. The fourth-order valence-corrected chi connectivity index (χ4v) is 3.68. The molecule has 3 heteroatoms. The van der Waals surface area contributed by atoms with Crippen LogP contribution in [0.25, 0.3) is 0 Å². The van der Waals surface area contributed by atoms with Gasteiger partial charge in [0.25, 0.3) is 0 Å². The van der Waals surface area contributed by atoms with Crippen LogP contribution in [-0.2, 0) is 5.41 Å². The molecule has 22 heavy (non-hydrogen) atoms. The second kappa shape index (κ2) is 6.27. The summed E-state index contributed by atoms with van der Waals surface area (Å²) in [4.78, 5) is 5.39. The maximum absolute atomic E-state index is 5.67. The maximum atomic E-state index is 5.67. The second-order valence-corrected chi connectivity index (χ2v) is 8.37. The van der Waals surface area contributed by atoms with Crippen molar-refractivity contribution in [2.45, 2.75) is 54.4 Å². The van der Waals surface area contributed by atoms with E-state index < -0.39 is 0 Å². The van der Waals surface area contributed by atoms with Gasteiger partial charge in [0.1, 0.15) is 0 Å². The summed E-state index contributed by atoms with van der Waals surface area (Å²) in [5.74, 6) is 0.586. The molecule has 0 saturated heterocycles. The zero-order valence-electron chi connectivity index (χ0n) is 13.3. The molecule has 116 valence electrons. The zero-order valence-corrected chi connectivity index (χ0v) is 14.8. The van der Waals surface area contributed by atoms with Crippen LogP contribution in [0.2, 0.25) is 0 Å². The summed E-state index contributed by atoms with van der Waals surface area (Å²) in [7, 11) is 0. The van der Waals surface area contributed by atoms with Gasteiger partial charge in [-0.05, 0) is 59.0 Å². The molecule has 1 aliphatic rings. The van der Waals surface area contributed by atoms with Crippen molar-refractivity contribution < 1.29 is 0 Å². The Bertz CT molecular complexity index is 628. The lowest BCUT2D eigenvalue weighted by atomic mass is 9.87. The molecule has 0 radical (unpaired) electrons. The zero-order chi connectivity index (χ0) is 15.7. The first kappa shape index (κ1) is 15.9. The van der Waals surface area contributed by atoms with E-state index in [9.17, 15) is 0 Å². The first-order valence-corrected chi connectivity index (χ1v) is 8.91. The van der Waals surface area contributed by atoms with Crippen LogP contribution in [-0.4, -0.2) is 6.04 Å². The molecule has 2 aromatic carbocycles. The van der Waals surface area contributed by atoms with Gasteiger partial charge in [-0.15, -0.1) is 0 Å². The first-order chi connectivity index (χ1) is 10.5. The van der Waals surface area contributed by atoms with Crippen LogP contribution >= 0.6 is 23.5 Å². The molecule has 2 aromatic rings. The van der Waals surface area contributed by atoms with Crippen molar-refractivity contribution in [3.8, 4) is 0 Å². The number of benzene rings is 2. The largest absolute Gasteiger partial charge is 0.230 e. The molecule has 1 saturated carbocycles. The van der Waals surface area contributed by atoms with Crippen LogP contribution in [0.1, 0.15) is 44.2 Å². The van der Waals surface area contributed by atoms with Gasteiger partial charge < -0.3 is 0 Å². The number of rotatable bonds is 4. The van der Waals surface area contributed by atoms with Gasteiger partial charge in [0, 0.05) is 21.8 Å². The average molecular weight is 332 g/mol.